The van der Waals surface area contributed by atoms with E-state index in [-0.39, 0.29) is 11.3 Å². The molecule has 1 aromatic rings. The van der Waals surface area contributed by atoms with Gasteiger partial charge in [0.25, 0.3) is 5.69 Å². The Hall–Kier alpha value is -2.09. The summed E-state index contributed by atoms with van der Waals surface area (Å²) in [7, 11) is 3.62. The van der Waals surface area contributed by atoms with Gasteiger partial charge in [0.05, 0.1) is 4.92 Å². The second-order valence-electron chi connectivity index (χ2n) is 2.96. The molecule has 0 saturated carbocycles. The molecule has 1 aromatic carbocycles. The molecule has 5 heteroatoms. The van der Waals surface area contributed by atoms with Gasteiger partial charge in [-0.15, -0.1) is 0 Å². The van der Waals surface area contributed by atoms with Crippen molar-refractivity contribution in [3.8, 4) is 6.07 Å². The maximum Gasteiger partial charge on any atom is 0.287 e. The standard InChI is InChI=1S/C9H9N3O2/c1-11(2)8-3-4-9(12(13)14)7(5-8)6-10/h3-5H,1-2H3. The molecule has 0 aliphatic heterocycles. The first kappa shape index (κ1) is 9.99. The number of hydrogen-bond acceptors (Lipinski definition) is 4. The lowest BCUT2D eigenvalue weighted by atomic mass is 10.1. The fraction of sp³-hybridized carbons (Fsp3) is 0.222. The van der Waals surface area contributed by atoms with E-state index in [1.165, 1.54) is 12.1 Å². The molecule has 72 valence electrons. The molecule has 0 saturated heterocycles. The van der Waals surface area contributed by atoms with Crippen LogP contribution in [-0.4, -0.2) is 19.0 Å². The molecule has 14 heavy (non-hydrogen) atoms. The lowest BCUT2D eigenvalue weighted by Gasteiger charge is -2.11. The topological polar surface area (TPSA) is 70.2 Å². The van der Waals surface area contributed by atoms with Crippen LogP contribution in [0, 0.1) is 21.4 Å². The predicted molar refractivity (Wildman–Crippen MR) is 52.1 cm³/mol. The summed E-state index contributed by atoms with van der Waals surface area (Å²) >= 11 is 0. The molecule has 0 N–H and O–H groups in total. The number of nitro benzene ring substituents is 1. The highest BCUT2D eigenvalue weighted by Crippen LogP contribution is 2.22. The summed E-state index contributed by atoms with van der Waals surface area (Å²) in [5.74, 6) is 0. The van der Waals surface area contributed by atoms with Crippen LogP contribution in [0.1, 0.15) is 5.56 Å². The summed E-state index contributed by atoms with van der Waals surface area (Å²) in [6.45, 7) is 0. The highest BCUT2D eigenvalue weighted by atomic mass is 16.6. The summed E-state index contributed by atoms with van der Waals surface area (Å²) in [4.78, 5) is 11.7. The smallest absolute Gasteiger partial charge is 0.287 e. The predicted octanol–water partition coefficient (Wildman–Crippen LogP) is 1.53. The van der Waals surface area contributed by atoms with Crippen molar-refractivity contribution in [2.45, 2.75) is 0 Å². The van der Waals surface area contributed by atoms with Crippen molar-refractivity contribution in [3.05, 3.63) is 33.9 Å². The third-order valence-corrected chi connectivity index (χ3v) is 1.81. The quantitative estimate of drug-likeness (QED) is 0.525. The minimum Gasteiger partial charge on any atom is -0.378 e. The van der Waals surface area contributed by atoms with E-state index < -0.39 is 4.92 Å². The molecule has 0 heterocycles. The van der Waals surface area contributed by atoms with E-state index in [0.717, 1.165) is 5.69 Å². The van der Waals surface area contributed by atoms with Crippen molar-refractivity contribution in [2.75, 3.05) is 19.0 Å². The van der Waals surface area contributed by atoms with Crippen molar-refractivity contribution < 1.29 is 4.92 Å². The molecule has 0 aliphatic rings. The summed E-state index contributed by atoms with van der Waals surface area (Å²) in [5.41, 5.74) is 0.700. The van der Waals surface area contributed by atoms with Crippen molar-refractivity contribution in [3.63, 3.8) is 0 Å². The van der Waals surface area contributed by atoms with Crippen molar-refractivity contribution >= 4 is 11.4 Å². The van der Waals surface area contributed by atoms with Gasteiger partial charge < -0.3 is 4.90 Å². The molecule has 0 aromatic heterocycles. The van der Waals surface area contributed by atoms with E-state index in [2.05, 4.69) is 0 Å². The highest BCUT2D eigenvalue weighted by Gasteiger charge is 2.13. The van der Waals surface area contributed by atoms with E-state index in [0.29, 0.717) is 0 Å². The number of hydrogen-bond donors (Lipinski definition) is 0. The Balaban J connectivity index is 3.27. The van der Waals surface area contributed by atoms with Crippen molar-refractivity contribution in [2.24, 2.45) is 0 Å². The van der Waals surface area contributed by atoms with E-state index in [9.17, 15) is 10.1 Å². The lowest BCUT2D eigenvalue weighted by molar-refractivity contribution is -0.385. The Morgan fingerprint density at radius 1 is 1.50 bits per heavy atom. The van der Waals surface area contributed by atoms with Gasteiger partial charge in [0.2, 0.25) is 0 Å². The second-order valence-corrected chi connectivity index (χ2v) is 2.96. The molecule has 0 spiro atoms. The zero-order valence-electron chi connectivity index (χ0n) is 7.89. The van der Waals surface area contributed by atoms with Crippen LogP contribution in [0.5, 0.6) is 0 Å². The van der Waals surface area contributed by atoms with E-state index in [1.807, 2.05) is 14.1 Å². The maximum atomic E-state index is 10.5. The summed E-state index contributed by atoms with van der Waals surface area (Å²) in [6.07, 6.45) is 0. The molecule has 1 rings (SSSR count). The number of nitro groups is 1. The van der Waals surface area contributed by atoms with Gasteiger partial charge in [-0.3, -0.25) is 10.1 Å². The molecular weight excluding hydrogens is 182 g/mol. The lowest BCUT2D eigenvalue weighted by Crippen LogP contribution is -2.08. The van der Waals surface area contributed by atoms with Crippen molar-refractivity contribution in [1.29, 1.82) is 5.26 Å². The SMILES string of the molecule is CN(C)c1ccc([N+](=O)[O-])c(C#N)c1. The molecule has 0 unspecified atom stereocenters. The Kier molecular flexibility index (Phi) is 2.67. The van der Waals surface area contributed by atoms with Crippen LogP contribution < -0.4 is 4.90 Å². The maximum absolute atomic E-state index is 10.5. The minimum absolute atomic E-state index is 0.0844. The number of nitrogens with zero attached hydrogens (tertiary/aromatic N) is 3. The van der Waals surface area contributed by atoms with Crippen molar-refractivity contribution in [1.82, 2.24) is 0 Å². The first-order chi connectivity index (χ1) is 6.56. The number of benzene rings is 1. The van der Waals surface area contributed by atoms with Crippen LogP contribution in [-0.2, 0) is 0 Å². The molecular formula is C9H9N3O2. The fourth-order valence-electron chi connectivity index (χ4n) is 1.05. The van der Waals surface area contributed by atoms with Gasteiger partial charge in [-0.05, 0) is 12.1 Å². The van der Waals surface area contributed by atoms with Gasteiger partial charge in [-0.25, -0.2) is 0 Å². The number of anilines is 1. The Labute approximate surface area is 81.3 Å². The summed E-state index contributed by atoms with van der Waals surface area (Å²) < 4.78 is 0. The molecule has 0 radical (unpaired) electrons. The summed E-state index contributed by atoms with van der Waals surface area (Å²) in [5, 5.41) is 19.2. The van der Waals surface area contributed by atoms with Crippen LogP contribution in [0.2, 0.25) is 0 Å². The summed E-state index contributed by atoms with van der Waals surface area (Å²) in [6, 6.07) is 6.25. The van der Waals surface area contributed by atoms with Gasteiger partial charge in [-0.2, -0.15) is 5.26 Å². The van der Waals surface area contributed by atoms with E-state index in [1.54, 1.807) is 17.0 Å². The van der Waals surface area contributed by atoms with E-state index >= 15 is 0 Å². The third-order valence-electron chi connectivity index (χ3n) is 1.81. The molecule has 0 bridgehead atoms. The van der Waals surface area contributed by atoms with Gasteiger partial charge in [0.15, 0.2) is 0 Å². The fourth-order valence-corrected chi connectivity index (χ4v) is 1.05. The van der Waals surface area contributed by atoms with Gasteiger partial charge >= 0.3 is 0 Å². The van der Waals surface area contributed by atoms with Gasteiger partial charge in [0.1, 0.15) is 11.6 Å². The average Bonchev–Trinajstić information content (AvgIpc) is 2.16. The number of rotatable bonds is 2. The largest absolute Gasteiger partial charge is 0.378 e. The first-order valence-corrected chi connectivity index (χ1v) is 3.92. The number of nitriles is 1. The van der Waals surface area contributed by atoms with E-state index in [4.69, 9.17) is 5.26 Å². The molecule has 0 aliphatic carbocycles. The van der Waals surface area contributed by atoms with Crippen LogP contribution in [0.15, 0.2) is 18.2 Å². The van der Waals surface area contributed by atoms with Crippen LogP contribution in [0.3, 0.4) is 0 Å². The minimum atomic E-state index is -0.558. The monoisotopic (exact) mass is 191 g/mol. The Bertz CT molecular complexity index is 407. The molecule has 0 atom stereocenters. The molecule has 0 amide bonds. The van der Waals surface area contributed by atoms with Crippen LogP contribution >= 0.6 is 0 Å². The van der Waals surface area contributed by atoms with Gasteiger partial charge in [0, 0.05) is 25.8 Å². The van der Waals surface area contributed by atoms with Crippen LogP contribution in [0.4, 0.5) is 11.4 Å². The zero-order valence-corrected chi connectivity index (χ0v) is 7.89. The zero-order chi connectivity index (χ0) is 10.7. The second kappa shape index (κ2) is 3.75. The normalized spacial score (nSPS) is 9.21. The molecule has 0 fully saturated rings. The highest BCUT2D eigenvalue weighted by molar-refractivity contribution is 5.59. The van der Waals surface area contributed by atoms with Gasteiger partial charge in [-0.1, -0.05) is 0 Å². The van der Waals surface area contributed by atoms with Crippen LogP contribution in [0.25, 0.3) is 0 Å². The third kappa shape index (κ3) is 1.80. The molecule has 5 nitrogen and oxygen atoms in total. The Morgan fingerprint density at radius 3 is 2.57 bits per heavy atom. The Morgan fingerprint density at radius 2 is 2.14 bits per heavy atom. The average molecular weight is 191 g/mol. The first-order valence-electron chi connectivity index (χ1n) is 3.92.